The van der Waals surface area contributed by atoms with E-state index >= 15 is 0 Å². The summed E-state index contributed by atoms with van der Waals surface area (Å²) >= 11 is 0. The van der Waals surface area contributed by atoms with Crippen LogP contribution in [-0.4, -0.2) is 44.5 Å². The topological polar surface area (TPSA) is 64.1 Å². The fraction of sp³-hybridized carbons (Fsp3) is 0.682. The van der Waals surface area contributed by atoms with E-state index in [-0.39, 0.29) is 24.0 Å². The Kier molecular flexibility index (Phi) is 6.44. The van der Waals surface area contributed by atoms with Crippen molar-refractivity contribution in [1.82, 2.24) is 5.32 Å². The number of nitrogens with zero attached hydrogens (tertiary/aromatic N) is 1. The molecule has 4 aliphatic rings. The number of fused-ring (bicyclic) bond motifs is 3. The van der Waals surface area contributed by atoms with Crippen molar-refractivity contribution in [2.45, 2.75) is 57.6 Å². The molecule has 1 spiro atoms. The van der Waals surface area contributed by atoms with Gasteiger partial charge in [-0.15, -0.1) is 24.0 Å². The molecule has 2 N–H and O–H groups in total. The van der Waals surface area contributed by atoms with Gasteiger partial charge in [0.15, 0.2) is 17.5 Å². The summed E-state index contributed by atoms with van der Waals surface area (Å²) in [7, 11) is 0. The van der Waals surface area contributed by atoms with E-state index in [2.05, 4.69) is 17.6 Å². The van der Waals surface area contributed by atoms with Crippen LogP contribution in [0.4, 0.5) is 5.69 Å². The molecule has 2 heterocycles. The van der Waals surface area contributed by atoms with Crippen LogP contribution in [-0.2, 0) is 4.74 Å². The van der Waals surface area contributed by atoms with Gasteiger partial charge in [-0.1, -0.05) is 12.8 Å². The number of anilines is 1. The van der Waals surface area contributed by atoms with Gasteiger partial charge in [0.05, 0.1) is 19.3 Å². The van der Waals surface area contributed by atoms with E-state index < -0.39 is 0 Å². The number of halogens is 1. The van der Waals surface area contributed by atoms with Crippen molar-refractivity contribution in [3.8, 4) is 11.5 Å². The van der Waals surface area contributed by atoms with Gasteiger partial charge in [-0.3, -0.25) is 4.99 Å². The van der Waals surface area contributed by atoms with Crippen LogP contribution in [0.2, 0.25) is 0 Å². The van der Waals surface area contributed by atoms with Gasteiger partial charge in [0.25, 0.3) is 0 Å². The lowest BCUT2D eigenvalue weighted by Gasteiger charge is -2.57. The standard InChI is InChI=1S/C22H31N3O3.HI/c1-2-23-21(24-15-6-7-17-18(14-15)27-12-5-11-26-17)25-19-16-8-13-28-20(16)22(19)9-3-4-10-22;/h6-7,14,16,19-20H,2-5,8-13H2,1H3,(H2,23,24,25);1H. The molecule has 3 fully saturated rings. The second kappa shape index (κ2) is 8.88. The molecule has 29 heavy (non-hydrogen) atoms. The largest absolute Gasteiger partial charge is 0.490 e. The number of guanidine groups is 1. The highest BCUT2D eigenvalue weighted by Crippen LogP contribution is 2.60. The van der Waals surface area contributed by atoms with E-state index in [9.17, 15) is 0 Å². The molecule has 0 radical (unpaired) electrons. The molecule has 160 valence electrons. The Bertz CT molecular complexity index is 751. The van der Waals surface area contributed by atoms with Crippen LogP contribution in [0.5, 0.6) is 11.5 Å². The molecule has 5 rings (SSSR count). The predicted molar refractivity (Wildman–Crippen MR) is 125 cm³/mol. The summed E-state index contributed by atoms with van der Waals surface area (Å²) in [4.78, 5) is 4.72. The first kappa shape index (κ1) is 21.0. The summed E-state index contributed by atoms with van der Waals surface area (Å²) in [6.07, 6.45) is 7.71. The first-order valence-corrected chi connectivity index (χ1v) is 10.9. The summed E-state index contributed by atoms with van der Waals surface area (Å²) in [5, 5.41) is 7.28. The maximum Gasteiger partial charge on any atom is 0.196 e. The van der Waals surface area contributed by atoms with Gasteiger partial charge in [-0.05, 0) is 38.3 Å². The fourth-order valence-corrected chi connectivity index (χ4v) is 5.71. The molecule has 3 atom stereocenters. The third-order valence-corrected chi connectivity index (χ3v) is 6.90. The molecule has 0 aromatic heterocycles. The average molecular weight is 513 g/mol. The molecule has 1 saturated heterocycles. The maximum atomic E-state index is 6.12. The third-order valence-electron chi connectivity index (χ3n) is 6.90. The highest BCUT2D eigenvalue weighted by atomic mass is 127. The Morgan fingerprint density at radius 2 is 1.90 bits per heavy atom. The van der Waals surface area contributed by atoms with Gasteiger partial charge in [0, 0.05) is 48.7 Å². The minimum Gasteiger partial charge on any atom is -0.490 e. The minimum atomic E-state index is 0. The Morgan fingerprint density at radius 1 is 1.10 bits per heavy atom. The van der Waals surface area contributed by atoms with Crippen molar-refractivity contribution in [3.05, 3.63) is 18.2 Å². The average Bonchev–Trinajstić information content (AvgIpc) is 3.31. The zero-order valence-electron chi connectivity index (χ0n) is 17.1. The zero-order chi connectivity index (χ0) is 19.0. The Morgan fingerprint density at radius 3 is 2.69 bits per heavy atom. The molecule has 2 aliphatic heterocycles. The van der Waals surface area contributed by atoms with E-state index in [4.69, 9.17) is 19.2 Å². The number of aliphatic imine (C=N–C) groups is 1. The molecule has 0 amide bonds. The molecule has 1 aromatic carbocycles. The monoisotopic (exact) mass is 513 g/mol. The molecular formula is C22H32IN3O3. The fourth-order valence-electron chi connectivity index (χ4n) is 5.71. The summed E-state index contributed by atoms with van der Waals surface area (Å²) in [6, 6.07) is 6.49. The van der Waals surface area contributed by atoms with Crippen molar-refractivity contribution in [1.29, 1.82) is 0 Å². The number of rotatable bonds is 3. The lowest BCUT2D eigenvalue weighted by atomic mass is 9.54. The van der Waals surface area contributed by atoms with E-state index in [0.29, 0.717) is 36.7 Å². The lowest BCUT2D eigenvalue weighted by Crippen LogP contribution is -2.68. The number of ether oxygens (including phenoxy) is 3. The van der Waals surface area contributed by atoms with Crippen LogP contribution in [0.3, 0.4) is 0 Å². The highest BCUT2D eigenvalue weighted by Gasteiger charge is 2.65. The smallest absolute Gasteiger partial charge is 0.196 e. The van der Waals surface area contributed by atoms with E-state index in [1.54, 1.807) is 0 Å². The molecule has 2 saturated carbocycles. The molecule has 1 aromatic rings. The number of nitrogens with one attached hydrogen (secondary N) is 2. The van der Waals surface area contributed by atoms with Crippen LogP contribution < -0.4 is 20.1 Å². The normalized spacial score (nSPS) is 29.4. The van der Waals surface area contributed by atoms with Gasteiger partial charge >= 0.3 is 0 Å². The number of hydrogen-bond acceptors (Lipinski definition) is 4. The molecule has 3 unspecified atom stereocenters. The van der Waals surface area contributed by atoms with Crippen molar-refractivity contribution < 1.29 is 14.2 Å². The minimum absolute atomic E-state index is 0. The van der Waals surface area contributed by atoms with Gasteiger partial charge in [-0.25, -0.2) is 0 Å². The highest BCUT2D eigenvalue weighted by molar-refractivity contribution is 14.0. The van der Waals surface area contributed by atoms with Crippen molar-refractivity contribution in [2.24, 2.45) is 16.3 Å². The maximum absolute atomic E-state index is 6.12. The number of benzene rings is 1. The first-order valence-electron chi connectivity index (χ1n) is 10.9. The second-order valence-corrected chi connectivity index (χ2v) is 8.47. The molecule has 7 heteroatoms. The van der Waals surface area contributed by atoms with E-state index in [1.165, 1.54) is 25.7 Å². The Hall–Kier alpha value is -1.22. The van der Waals surface area contributed by atoms with Crippen LogP contribution in [0.15, 0.2) is 23.2 Å². The van der Waals surface area contributed by atoms with Crippen molar-refractivity contribution in [2.75, 3.05) is 31.7 Å². The molecule has 2 aliphatic carbocycles. The molecule has 0 bridgehead atoms. The molecular weight excluding hydrogens is 481 g/mol. The summed E-state index contributed by atoms with van der Waals surface area (Å²) in [5.74, 6) is 3.10. The predicted octanol–water partition coefficient (Wildman–Crippen LogP) is 4.19. The van der Waals surface area contributed by atoms with Gasteiger partial charge < -0.3 is 24.8 Å². The SMILES string of the molecule is CCN=C(Nc1ccc2c(c1)OCCCO2)NC1C2CCOC2C12CCCC2.I. The van der Waals surface area contributed by atoms with E-state index in [0.717, 1.165) is 49.1 Å². The third kappa shape index (κ3) is 3.80. The second-order valence-electron chi connectivity index (χ2n) is 8.47. The quantitative estimate of drug-likeness (QED) is 0.361. The van der Waals surface area contributed by atoms with E-state index in [1.807, 2.05) is 18.2 Å². The summed E-state index contributed by atoms with van der Waals surface area (Å²) in [6.45, 7) is 5.12. The summed E-state index contributed by atoms with van der Waals surface area (Å²) in [5.41, 5.74) is 1.28. The van der Waals surface area contributed by atoms with Gasteiger partial charge in [-0.2, -0.15) is 0 Å². The summed E-state index contributed by atoms with van der Waals surface area (Å²) < 4.78 is 17.7. The van der Waals surface area contributed by atoms with Crippen LogP contribution >= 0.6 is 24.0 Å². The molecule has 6 nitrogen and oxygen atoms in total. The van der Waals surface area contributed by atoms with Crippen LogP contribution in [0, 0.1) is 11.3 Å². The first-order chi connectivity index (χ1) is 13.8. The lowest BCUT2D eigenvalue weighted by molar-refractivity contribution is -0.124. The Balaban J connectivity index is 0.00000205. The van der Waals surface area contributed by atoms with Gasteiger partial charge in [0.1, 0.15) is 0 Å². The zero-order valence-corrected chi connectivity index (χ0v) is 19.4. The van der Waals surface area contributed by atoms with Crippen LogP contribution in [0.25, 0.3) is 0 Å². The van der Waals surface area contributed by atoms with Crippen molar-refractivity contribution in [3.63, 3.8) is 0 Å². The number of hydrogen-bond donors (Lipinski definition) is 2. The van der Waals surface area contributed by atoms with Crippen LogP contribution in [0.1, 0.15) is 45.4 Å². The van der Waals surface area contributed by atoms with Crippen molar-refractivity contribution >= 4 is 35.6 Å². The van der Waals surface area contributed by atoms with Gasteiger partial charge in [0.2, 0.25) is 0 Å². The Labute approximate surface area is 190 Å².